The second-order valence-corrected chi connectivity index (χ2v) is 6.90. The molecule has 0 atom stereocenters. The Morgan fingerprint density at radius 3 is 2.56 bits per heavy atom. The van der Waals surface area contributed by atoms with E-state index in [2.05, 4.69) is 15.3 Å². The van der Waals surface area contributed by atoms with E-state index >= 15 is 0 Å². The van der Waals surface area contributed by atoms with Gasteiger partial charge in [-0.25, -0.2) is 4.98 Å². The van der Waals surface area contributed by atoms with E-state index in [1.165, 1.54) is 6.08 Å². The second kappa shape index (κ2) is 6.18. The number of fused-ring (bicyclic) bond motifs is 1. The Morgan fingerprint density at radius 2 is 1.88 bits per heavy atom. The van der Waals surface area contributed by atoms with Crippen molar-refractivity contribution >= 4 is 63.2 Å². The molecule has 6 nitrogen and oxygen atoms in total. The normalized spacial score (nSPS) is 16.0. The predicted octanol–water partition coefficient (Wildman–Crippen LogP) is 4.52. The Labute approximate surface area is 155 Å². The van der Waals surface area contributed by atoms with Crippen molar-refractivity contribution in [2.24, 2.45) is 0 Å². The number of carbonyl (C=O) groups excluding carboxylic acids is 2. The maximum atomic E-state index is 11.7. The molecule has 1 N–H and O–H groups in total. The van der Waals surface area contributed by atoms with Crippen molar-refractivity contribution in [3.8, 4) is 11.1 Å². The highest BCUT2D eigenvalue weighted by Crippen LogP contribution is 2.34. The van der Waals surface area contributed by atoms with Crippen molar-refractivity contribution in [3.05, 3.63) is 51.6 Å². The number of hydrogen-bond donors (Lipinski definition) is 1. The van der Waals surface area contributed by atoms with Crippen molar-refractivity contribution in [3.63, 3.8) is 0 Å². The van der Waals surface area contributed by atoms with Crippen LogP contribution in [0.5, 0.6) is 0 Å². The molecule has 0 aliphatic carbocycles. The van der Waals surface area contributed by atoms with E-state index in [0.717, 1.165) is 17.1 Å². The van der Waals surface area contributed by atoms with Crippen LogP contribution in [0.2, 0.25) is 10.3 Å². The van der Waals surface area contributed by atoms with Crippen molar-refractivity contribution < 1.29 is 14.0 Å². The molecule has 0 spiro atoms. The summed E-state index contributed by atoms with van der Waals surface area (Å²) in [5, 5.41) is 3.04. The van der Waals surface area contributed by atoms with Crippen LogP contribution in [0.25, 0.3) is 28.2 Å². The fourth-order valence-electron chi connectivity index (χ4n) is 2.43. The number of pyridine rings is 2. The Hall–Kier alpha value is -2.35. The minimum atomic E-state index is -0.443. The number of halogens is 2. The average Bonchev–Trinajstić information content (AvgIpc) is 3.08. The number of aromatic nitrogens is 2. The Balaban J connectivity index is 1.83. The second-order valence-electron chi connectivity index (χ2n) is 5.11. The molecule has 1 fully saturated rings. The lowest BCUT2D eigenvalue weighted by molar-refractivity contribution is -0.115. The SMILES string of the molecule is O=C1NC(=O)C(=Cc2cc3cncc(-c4cc(Cl)nc(Cl)c4)c3o2)S1. The molecule has 3 aromatic heterocycles. The summed E-state index contributed by atoms with van der Waals surface area (Å²) in [6, 6.07) is 5.05. The molecule has 9 heteroatoms. The Kier molecular flexibility index (Phi) is 3.99. The molecule has 1 aliphatic rings. The summed E-state index contributed by atoms with van der Waals surface area (Å²) in [5.41, 5.74) is 1.96. The van der Waals surface area contributed by atoms with Crippen molar-refractivity contribution in [2.45, 2.75) is 0 Å². The van der Waals surface area contributed by atoms with Gasteiger partial charge in [-0.3, -0.25) is 19.9 Å². The van der Waals surface area contributed by atoms with E-state index in [1.54, 1.807) is 30.6 Å². The summed E-state index contributed by atoms with van der Waals surface area (Å²) in [7, 11) is 0. The summed E-state index contributed by atoms with van der Waals surface area (Å²) < 4.78 is 5.85. The Morgan fingerprint density at radius 1 is 1.12 bits per heavy atom. The summed E-state index contributed by atoms with van der Waals surface area (Å²) in [6.07, 6.45) is 4.79. The van der Waals surface area contributed by atoms with Gasteiger partial charge in [0.2, 0.25) is 0 Å². The number of nitrogens with zero attached hydrogens (tertiary/aromatic N) is 2. The van der Waals surface area contributed by atoms with Gasteiger partial charge in [0.1, 0.15) is 21.6 Å². The molecular formula is C16H7Cl2N3O3S. The molecule has 25 heavy (non-hydrogen) atoms. The van der Waals surface area contributed by atoms with Crippen LogP contribution in [0.3, 0.4) is 0 Å². The molecule has 0 bridgehead atoms. The predicted molar refractivity (Wildman–Crippen MR) is 96.4 cm³/mol. The van der Waals surface area contributed by atoms with E-state index < -0.39 is 11.1 Å². The summed E-state index contributed by atoms with van der Waals surface area (Å²) in [4.78, 5) is 31.3. The molecule has 1 saturated heterocycles. The van der Waals surface area contributed by atoms with Gasteiger partial charge in [-0.15, -0.1) is 0 Å². The molecule has 4 heterocycles. The van der Waals surface area contributed by atoms with E-state index in [1.807, 2.05) is 0 Å². The summed E-state index contributed by atoms with van der Waals surface area (Å²) in [5.74, 6) is -0.00986. The van der Waals surface area contributed by atoms with Crippen LogP contribution in [0.1, 0.15) is 5.76 Å². The zero-order valence-corrected chi connectivity index (χ0v) is 14.6. The van der Waals surface area contributed by atoms with Crippen LogP contribution in [0.4, 0.5) is 4.79 Å². The molecular weight excluding hydrogens is 385 g/mol. The fraction of sp³-hybridized carbons (Fsp3) is 0. The lowest BCUT2D eigenvalue weighted by Crippen LogP contribution is -2.17. The number of furan rings is 1. The molecule has 0 radical (unpaired) electrons. The maximum Gasteiger partial charge on any atom is 0.290 e. The van der Waals surface area contributed by atoms with Crippen LogP contribution < -0.4 is 5.32 Å². The van der Waals surface area contributed by atoms with Gasteiger partial charge in [0.15, 0.2) is 0 Å². The third-order valence-corrected chi connectivity index (χ3v) is 4.63. The fourth-order valence-corrected chi connectivity index (χ4v) is 3.55. The van der Waals surface area contributed by atoms with E-state index in [0.29, 0.717) is 22.5 Å². The van der Waals surface area contributed by atoms with Crippen molar-refractivity contribution in [1.82, 2.24) is 15.3 Å². The van der Waals surface area contributed by atoms with E-state index in [4.69, 9.17) is 27.6 Å². The quantitative estimate of drug-likeness (QED) is 0.510. The summed E-state index contributed by atoms with van der Waals surface area (Å²) in [6.45, 7) is 0. The van der Waals surface area contributed by atoms with Gasteiger partial charge < -0.3 is 4.42 Å². The first-order valence-electron chi connectivity index (χ1n) is 6.95. The smallest absolute Gasteiger partial charge is 0.290 e. The number of imide groups is 1. The minimum Gasteiger partial charge on any atom is -0.456 e. The molecule has 0 saturated carbocycles. The molecule has 3 aromatic rings. The molecule has 124 valence electrons. The van der Waals surface area contributed by atoms with Gasteiger partial charge in [0.25, 0.3) is 11.1 Å². The van der Waals surface area contributed by atoms with Gasteiger partial charge in [-0.05, 0) is 35.5 Å². The highest BCUT2D eigenvalue weighted by molar-refractivity contribution is 8.18. The first-order chi connectivity index (χ1) is 12.0. The summed E-state index contributed by atoms with van der Waals surface area (Å²) >= 11 is 12.8. The molecule has 2 amide bonds. The van der Waals surface area contributed by atoms with E-state index in [9.17, 15) is 9.59 Å². The van der Waals surface area contributed by atoms with Crippen LogP contribution in [0.15, 0.2) is 39.9 Å². The first kappa shape index (κ1) is 16.1. The Bertz CT molecular complexity index is 1060. The average molecular weight is 392 g/mol. The third kappa shape index (κ3) is 3.13. The largest absolute Gasteiger partial charge is 0.456 e. The van der Waals surface area contributed by atoms with Crippen LogP contribution >= 0.6 is 35.0 Å². The lowest BCUT2D eigenvalue weighted by Gasteiger charge is -2.03. The first-order valence-corrected chi connectivity index (χ1v) is 8.53. The van der Waals surface area contributed by atoms with Gasteiger partial charge in [-0.1, -0.05) is 23.2 Å². The van der Waals surface area contributed by atoms with Gasteiger partial charge >= 0.3 is 0 Å². The maximum absolute atomic E-state index is 11.7. The third-order valence-electron chi connectivity index (χ3n) is 3.43. The minimum absolute atomic E-state index is 0.255. The molecule has 0 unspecified atom stereocenters. The van der Waals surface area contributed by atoms with Crippen LogP contribution in [-0.4, -0.2) is 21.1 Å². The van der Waals surface area contributed by atoms with Gasteiger partial charge in [-0.2, -0.15) is 0 Å². The highest BCUT2D eigenvalue weighted by Gasteiger charge is 2.25. The molecule has 1 aliphatic heterocycles. The number of hydrogen-bond acceptors (Lipinski definition) is 6. The lowest BCUT2D eigenvalue weighted by atomic mass is 10.1. The standard InChI is InChI=1S/C16H7Cl2N3O3S/c17-12-2-7(3-13(18)20-12)10-6-19-5-8-1-9(24-14(8)10)4-11-15(22)21-16(23)25-11/h1-6H,(H,21,22,23). The van der Waals surface area contributed by atoms with Gasteiger partial charge in [0, 0.05) is 29.4 Å². The zero-order chi connectivity index (χ0) is 17.6. The highest BCUT2D eigenvalue weighted by atomic mass is 35.5. The molecule has 0 aromatic carbocycles. The van der Waals surface area contributed by atoms with Crippen LogP contribution in [-0.2, 0) is 4.79 Å². The van der Waals surface area contributed by atoms with Crippen molar-refractivity contribution in [1.29, 1.82) is 0 Å². The van der Waals surface area contributed by atoms with Crippen LogP contribution in [0, 0.1) is 0 Å². The molecule has 4 rings (SSSR count). The number of rotatable bonds is 2. The van der Waals surface area contributed by atoms with E-state index in [-0.39, 0.29) is 15.2 Å². The number of nitrogens with one attached hydrogen (secondary N) is 1. The van der Waals surface area contributed by atoms with Crippen molar-refractivity contribution in [2.75, 3.05) is 0 Å². The van der Waals surface area contributed by atoms with Gasteiger partial charge in [0.05, 0.1) is 4.91 Å². The topological polar surface area (TPSA) is 85.1 Å². The number of carbonyl (C=O) groups is 2. The zero-order valence-electron chi connectivity index (χ0n) is 12.2. The number of amides is 2. The number of thioether (sulfide) groups is 1. The monoisotopic (exact) mass is 391 g/mol.